The van der Waals surface area contributed by atoms with E-state index in [1.807, 2.05) is 0 Å². The van der Waals surface area contributed by atoms with Crippen LogP contribution < -0.4 is 0 Å². The van der Waals surface area contributed by atoms with Crippen LogP contribution in [0.5, 0.6) is 0 Å². The lowest BCUT2D eigenvalue weighted by atomic mass is 10.1. The molecule has 2 aromatic rings. The number of aryl methyl sites for hydroxylation is 1. The van der Waals surface area contributed by atoms with Gasteiger partial charge in [0.25, 0.3) is 0 Å². The van der Waals surface area contributed by atoms with Crippen LogP contribution in [0.25, 0.3) is 10.9 Å². The van der Waals surface area contributed by atoms with Gasteiger partial charge in [0.15, 0.2) is 0 Å². The van der Waals surface area contributed by atoms with Crippen LogP contribution in [-0.2, 0) is 6.54 Å². The van der Waals surface area contributed by atoms with Crippen LogP contribution in [0, 0.1) is 6.92 Å². The molecule has 3 rings (SSSR count). The minimum absolute atomic E-state index is 1.12. The molecule has 0 bridgehead atoms. The molecule has 1 aromatic heterocycles. The van der Waals surface area contributed by atoms with E-state index < -0.39 is 0 Å². The average Bonchev–Trinajstić information content (AvgIpc) is 2.80. The smallest absolute Gasteiger partial charge is 0.0480 e. The van der Waals surface area contributed by atoms with Gasteiger partial charge in [-0.1, -0.05) is 18.1 Å². The zero-order chi connectivity index (χ0) is 12.4. The fourth-order valence-corrected chi connectivity index (χ4v) is 2.95. The van der Waals surface area contributed by atoms with E-state index in [-0.39, 0.29) is 0 Å². The van der Waals surface area contributed by atoms with Crippen molar-refractivity contribution in [2.24, 2.45) is 0 Å². The quantitative estimate of drug-likeness (QED) is 0.800. The highest BCUT2D eigenvalue weighted by atomic mass is 15.1. The van der Waals surface area contributed by atoms with E-state index in [0.717, 1.165) is 6.54 Å². The van der Waals surface area contributed by atoms with E-state index in [2.05, 4.69) is 46.9 Å². The molecule has 1 aromatic carbocycles. The van der Waals surface area contributed by atoms with Crippen molar-refractivity contribution in [3.8, 4) is 0 Å². The maximum Gasteiger partial charge on any atom is 0.0480 e. The van der Waals surface area contributed by atoms with E-state index in [1.165, 1.54) is 55.4 Å². The number of hydrogen-bond donors (Lipinski definition) is 0. The van der Waals surface area contributed by atoms with Gasteiger partial charge in [-0.2, -0.15) is 0 Å². The summed E-state index contributed by atoms with van der Waals surface area (Å²) in [5.74, 6) is 0. The zero-order valence-electron chi connectivity index (χ0n) is 11.2. The summed E-state index contributed by atoms with van der Waals surface area (Å²) in [7, 11) is 0. The highest BCUT2D eigenvalue weighted by molar-refractivity contribution is 5.80. The second-order valence-corrected chi connectivity index (χ2v) is 5.47. The molecule has 18 heavy (non-hydrogen) atoms. The van der Waals surface area contributed by atoms with Gasteiger partial charge >= 0.3 is 0 Å². The molecule has 96 valence electrons. The first kappa shape index (κ1) is 11.8. The summed E-state index contributed by atoms with van der Waals surface area (Å²) in [4.78, 5) is 2.60. The van der Waals surface area contributed by atoms with Crippen LogP contribution in [-0.4, -0.2) is 29.1 Å². The van der Waals surface area contributed by atoms with Gasteiger partial charge in [0, 0.05) is 24.8 Å². The molecule has 1 aliphatic heterocycles. The molecule has 0 saturated carbocycles. The Bertz CT molecular complexity index is 521. The van der Waals surface area contributed by atoms with Crippen LogP contribution in [0.1, 0.15) is 24.8 Å². The van der Waals surface area contributed by atoms with Crippen molar-refractivity contribution in [1.82, 2.24) is 9.47 Å². The maximum absolute atomic E-state index is 2.60. The molecule has 0 radical (unpaired) electrons. The van der Waals surface area contributed by atoms with Crippen LogP contribution in [0.3, 0.4) is 0 Å². The Morgan fingerprint density at radius 1 is 1.00 bits per heavy atom. The van der Waals surface area contributed by atoms with Gasteiger partial charge in [-0.15, -0.1) is 0 Å². The molecular formula is C16H22N2. The minimum atomic E-state index is 1.12. The zero-order valence-corrected chi connectivity index (χ0v) is 11.2. The topological polar surface area (TPSA) is 8.17 Å². The standard InChI is InChI=1S/C16H22N2/c1-14-5-6-16-15(13-14)7-10-18(16)12-11-17-8-3-2-4-9-17/h5-7,10,13H,2-4,8-9,11-12H2,1H3. The number of fused-ring (bicyclic) bond motifs is 1. The molecule has 0 aliphatic carbocycles. The first-order valence-electron chi connectivity index (χ1n) is 7.11. The van der Waals surface area contributed by atoms with Crippen LogP contribution in [0.2, 0.25) is 0 Å². The maximum atomic E-state index is 2.60. The molecule has 0 N–H and O–H groups in total. The fraction of sp³-hybridized carbons (Fsp3) is 0.500. The number of hydrogen-bond acceptors (Lipinski definition) is 1. The van der Waals surface area contributed by atoms with Gasteiger partial charge in [0.2, 0.25) is 0 Å². The van der Waals surface area contributed by atoms with Gasteiger partial charge in [0.1, 0.15) is 0 Å². The van der Waals surface area contributed by atoms with Gasteiger partial charge in [-0.3, -0.25) is 0 Å². The number of likely N-dealkylation sites (tertiary alicyclic amines) is 1. The fourth-order valence-electron chi connectivity index (χ4n) is 2.95. The molecule has 1 saturated heterocycles. The lowest BCUT2D eigenvalue weighted by Gasteiger charge is -2.26. The first-order valence-corrected chi connectivity index (χ1v) is 7.11. The van der Waals surface area contributed by atoms with Crippen molar-refractivity contribution in [3.05, 3.63) is 36.0 Å². The summed E-state index contributed by atoms with van der Waals surface area (Å²) in [5.41, 5.74) is 2.72. The second kappa shape index (κ2) is 5.15. The Labute approximate surface area is 109 Å². The number of rotatable bonds is 3. The molecular weight excluding hydrogens is 220 g/mol. The summed E-state index contributed by atoms with van der Waals surface area (Å²) in [6.07, 6.45) is 6.41. The predicted molar refractivity (Wildman–Crippen MR) is 77.0 cm³/mol. The summed E-state index contributed by atoms with van der Waals surface area (Å²) < 4.78 is 2.39. The Morgan fingerprint density at radius 2 is 1.83 bits per heavy atom. The highest BCUT2D eigenvalue weighted by Crippen LogP contribution is 2.17. The number of piperidine rings is 1. The lowest BCUT2D eigenvalue weighted by molar-refractivity contribution is 0.221. The van der Waals surface area contributed by atoms with Gasteiger partial charge in [-0.05, 0) is 56.4 Å². The summed E-state index contributed by atoms with van der Waals surface area (Å²) in [5, 5.41) is 1.37. The van der Waals surface area contributed by atoms with Crippen molar-refractivity contribution in [1.29, 1.82) is 0 Å². The van der Waals surface area contributed by atoms with Crippen molar-refractivity contribution in [3.63, 3.8) is 0 Å². The summed E-state index contributed by atoms with van der Waals surface area (Å²) in [6.45, 7) is 7.05. The number of aromatic nitrogens is 1. The van der Waals surface area contributed by atoms with Gasteiger partial charge in [-0.25, -0.2) is 0 Å². The SMILES string of the molecule is Cc1ccc2c(ccn2CCN2CCCCC2)c1. The normalized spacial score (nSPS) is 17.4. The average molecular weight is 242 g/mol. The first-order chi connectivity index (χ1) is 8.83. The molecule has 1 aliphatic rings. The van der Waals surface area contributed by atoms with E-state index >= 15 is 0 Å². The van der Waals surface area contributed by atoms with Crippen molar-refractivity contribution in [2.45, 2.75) is 32.7 Å². The van der Waals surface area contributed by atoms with Crippen LogP contribution in [0.15, 0.2) is 30.5 Å². The number of nitrogens with zero attached hydrogens (tertiary/aromatic N) is 2. The van der Waals surface area contributed by atoms with E-state index in [4.69, 9.17) is 0 Å². The second-order valence-electron chi connectivity index (χ2n) is 5.47. The third kappa shape index (κ3) is 2.44. The molecule has 2 nitrogen and oxygen atoms in total. The summed E-state index contributed by atoms with van der Waals surface area (Å²) >= 11 is 0. The third-order valence-corrected chi connectivity index (χ3v) is 4.03. The molecule has 1 fully saturated rings. The lowest BCUT2D eigenvalue weighted by Crippen LogP contribution is -2.32. The van der Waals surface area contributed by atoms with E-state index in [0.29, 0.717) is 0 Å². The summed E-state index contributed by atoms with van der Waals surface area (Å²) in [6, 6.07) is 8.96. The molecule has 0 amide bonds. The van der Waals surface area contributed by atoms with E-state index in [1.54, 1.807) is 0 Å². The Kier molecular flexibility index (Phi) is 3.37. The van der Waals surface area contributed by atoms with Gasteiger partial charge in [0.05, 0.1) is 0 Å². The Balaban J connectivity index is 1.70. The Hall–Kier alpha value is -1.28. The Morgan fingerprint density at radius 3 is 2.67 bits per heavy atom. The third-order valence-electron chi connectivity index (χ3n) is 4.03. The van der Waals surface area contributed by atoms with Crippen molar-refractivity contribution in [2.75, 3.05) is 19.6 Å². The van der Waals surface area contributed by atoms with E-state index in [9.17, 15) is 0 Å². The van der Waals surface area contributed by atoms with Crippen LogP contribution >= 0.6 is 0 Å². The molecule has 0 unspecified atom stereocenters. The van der Waals surface area contributed by atoms with Crippen molar-refractivity contribution < 1.29 is 0 Å². The number of benzene rings is 1. The van der Waals surface area contributed by atoms with Gasteiger partial charge < -0.3 is 9.47 Å². The largest absolute Gasteiger partial charge is 0.346 e. The molecule has 2 heteroatoms. The van der Waals surface area contributed by atoms with Crippen molar-refractivity contribution >= 4 is 10.9 Å². The monoisotopic (exact) mass is 242 g/mol. The predicted octanol–water partition coefficient (Wildman–Crippen LogP) is 3.44. The molecule has 2 heterocycles. The highest BCUT2D eigenvalue weighted by Gasteiger charge is 2.10. The minimum Gasteiger partial charge on any atom is -0.346 e. The molecule has 0 spiro atoms. The van der Waals surface area contributed by atoms with Crippen LogP contribution in [0.4, 0.5) is 0 Å². The molecule has 0 atom stereocenters.